The normalized spacial score (nSPS) is 19.5. The first-order valence-corrected chi connectivity index (χ1v) is 21.5. The number of hydrogen-bond donors (Lipinski definition) is 2. The molecule has 16 heteroatoms. The number of benzene rings is 3. The van der Waals surface area contributed by atoms with Gasteiger partial charge in [-0.3, -0.25) is 34.2 Å². The van der Waals surface area contributed by atoms with Gasteiger partial charge < -0.3 is 24.6 Å². The molecule has 0 radical (unpaired) electrons. The van der Waals surface area contributed by atoms with Crippen LogP contribution in [0, 0.1) is 11.6 Å². The highest BCUT2D eigenvalue weighted by molar-refractivity contribution is 6.05. The monoisotopic (exact) mass is 846 g/mol. The van der Waals surface area contributed by atoms with Gasteiger partial charge in [-0.05, 0) is 86.1 Å². The minimum absolute atomic E-state index is 0.00847. The summed E-state index contributed by atoms with van der Waals surface area (Å²) >= 11 is 0. The number of aromatic nitrogens is 4. The Morgan fingerprint density at radius 2 is 1.77 bits per heavy atom. The summed E-state index contributed by atoms with van der Waals surface area (Å²) in [7, 11) is 0. The zero-order chi connectivity index (χ0) is 42.7. The van der Waals surface area contributed by atoms with Gasteiger partial charge in [0, 0.05) is 80.4 Å². The van der Waals surface area contributed by atoms with E-state index in [4.69, 9.17) is 14.5 Å². The number of nitrogens with zero attached hydrogens (tertiary/aromatic N) is 6. The van der Waals surface area contributed by atoms with Gasteiger partial charge in [0.25, 0.3) is 5.91 Å². The fraction of sp³-hybridized carbons (Fsp3) is 0.413. The van der Waals surface area contributed by atoms with Crippen LogP contribution in [-0.2, 0) is 32.1 Å². The maximum absolute atomic E-state index is 15.4. The lowest BCUT2D eigenvalue weighted by Gasteiger charge is -2.32. The standard InChI is InChI=1S/C46H48F2N8O6/c47-37-20-28(21-38(48)36(37)22-33-24-49-14-18-62-33)34-5-4-6-39-44(34)52-40(25-50-39)30-23-51-56(27-30)31-12-15-54(16-13-31)43(58)7-2-1-3-17-61-32-8-9-35-29(19-32)26-55(46(35)60)41-10-11-42(57)53-45(41)59/h4-6,8-9,19-21,23,25,27,31,33,41,49H,1-3,7,10-18,22,24,26H2,(H,53,57,59). The second-order valence-electron chi connectivity index (χ2n) is 16.4. The second kappa shape index (κ2) is 18.1. The highest BCUT2D eigenvalue weighted by atomic mass is 19.1. The van der Waals surface area contributed by atoms with Gasteiger partial charge in [0.05, 0.1) is 54.5 Å². The number of carbonyl (C=O) groups is 4. The summed E-state index contributed by atoms with van der Waals surface area (Å²) in [6.07, 6.45) is 10.1. The van der Waals surface area contributed by atoms with Crippen molar-refractivity contribution in [3.63, 3.8) is 0 Å². The molecule has 4 aliphatic heterocycles. The van der Waals surface area contributed by atoms with Crippen LogP contribution in [0.1, 0.15) is 78.9 Å². The molecular formula is C46H48F2N8O6. The van der Waals surface area contributed by atoms with E-state index in [-0.39, 0.29) is 48.3 Å². The molecule has 2 aromatic heterocycles. The molecule has 2 unspecified atom stereocenters. The molecule has 4 amide bonds. The Balaban J connectivity index is 0.734. The first-order valence-electron chi connectivity index (χ1n) is 21.5. The van der Waals surface area contributed by atoms with Crippen molar-refractivity contribution in [1.29, 1.82) is 0 Å². The molecular weight excluding hydrogens is 799 g/mol. The van der Waals surface area contributed by atoms with Gasteiger partial charge in [0.15, 0.2) is 0 Å². The van der Waals surface area contributed by atoms with Crippen LogP contribution in [0.15, 0.2) is 67.1 Å². The Kier molecular flexibility index (Phi) is 12.0. The molecule has 322 valence electrons. The number of unbranched alkanes of at least 4 members (excludes halogenated alkanes) is 2. The second-order valence-corrected chi connectivity index (χ2v) is 16.4. The van der Waals surface area contributed by atoms with Gasteiger partial charge in [-0.25, -0.2) is 13.8 Å². The van der Waals surface area contributed by atoms with E-state index < -0.39 is 23.6 Å². The highest BCUT2D eigenvalue weighted by Gasteiger charge is 2.39. The maximum atomic E-state index is 15.4. The molecule has 0 aliphatic carbocycles. The maximum Gasteiger partial charge on any atom is 0.255 e. The smallest absolute Gasteiger partial charge is 0.255 e. The van der Waals surface area contributed by atoms with Gasteiger partial charge in [-0.15, -0.1) is 0 Å². The summed E-state index contributed by atoms with van der Waals surface area (Å²) in [6, 6.07) is 12.9. The Bertz CT molecular complexity index is 2490. The molecule has 9 rings (SSSR count). The molecule has 14 nitrogen and oxygen atoms in total. The predicted molar refractivity (Wildman–Crippen MR) is 224 cm³/mol. The molecule has 3 fully saturated rings. The first kappa shape index (κ1) is 41.2. The van der Waals surface area contributed by atoms with Crippen LogP contribution in [0.4, 0.5) is 8.78 Å². The van der Waals surface area contributed by atoms with Gasteiger partial charge in [0.2, 0.25) is 17.7 Å². The number of nitrogens with one attached hydrogen (secondary N) is 2. The number of rotatable bonds is 13. The molecule has 6 heterocycles. The number of amides is 4. The van der Waals surface area contributed by atoms with Crippen molar-refractivity contribution in [3.8, 4) is 28.1 Å². The van der Waals surface area contributed by atoms with Crippen molar-refractivity contribution >= 4 is 34.7 Å². The lowest BCUT2D eigenvalue weighted by molar-refractivity contribution is -0.137. The van der Waals surface area contributed by atoms with E-state index in [1.54, 1.807) is 36.7 Å². The van der Waals surface area contributed by atoms with Crippen LogP contribution in [0.3, 0.4) is 0 Å². The fourth-order valence-electron chi connectivity index (χ4n) is 8.93. The number of halogens is 2. The van der Waals surface area contributed by atoms with Gasteiger partial charge >= 0.3 is 0 Å². The first-order chi connectivity index (χ1) is 30.2. The van der Waals surface area contributed by atoms with Crippen molar-refractivity contribution in [2.75, 3.05) is 39.4 Å². The topological polar surface area (TPSA) is 161 Å². The van der Waals surface area contributed by atoms with Crippen molar-refractivity contribution < 1.29 is 37.4 Å². The number of imide groups is 1. The van der Waals surface area contributed by atoms with E-state index in [0.717, 1.165) is 49.8 Å². The average Bonchev–Trinajstić information content (AvgIpc) is 3.91. The molecule has 3 saturated heterocycles. The zero-order valence-electron chi connectivity index (χ0n) is 34.3. The van der Waals surface area contributed by atoms with Gasteiger partial charge in [0.1, 0.15) is 23.4 Å². The lowest BCUT2D eigenvalue weighted by atomic mass is 9.98. The zero-order valence-corrected chi connectivity index (χ0v) is 34.3. The van der Waals surface area contributed by atoms with Crippen molar-refractivity contribution in [2.24, 2.45) is 0 Å². The molecule has 4 aliphatic rings. The molecule has 0 saturated carbocycles. The van der Waals surface area contributed by atoms with E-state index in [1.165, 1.54) is 17.0 Å². The molecule has 0 bridgehead atoms. The predicted octanol–water partition coefficient (Wildman–Crippen LogP) is 5.53. The summed E-state index contributed by atoms with van der Waals surface area (Å²) in [4.78, 5) is 62.9. The van der Waals surface area contributed by atoms with Crippen LogP contribution in [0.2, 0.25) is 0 Å². The third kappa shape index (κ3) is 8.79. The van der Waals surface area contributed by atoms with Crippen molar-refractivity contribution in [1.82, 2.24) is 40.2 Å². The van der Waals surface area contributed by atoms with E-state index in [1.807, 2.05) is 27.9 Å². The van der Waals surface area contributed by atoms with E-state index in [0.29, 0.717) is 91.4 Å². The van der Waals surface area contributed by atoms with Crippen molar-refractivity contribution in [3.05, 3.63) is 95.4 Å². The number of likely N-dealkylation sites (tertiary alicyclic amines) is 1. The number of ether oxygens (including phenoxy) is 2. The highest BCUT2D eigenvalue weighted by Crippen LogP contribution is 2.33. The molecule has 0 spiro atoms. The molecule has 5 aromatic rings. The van der Waals surface area contributed by atoms with Gasteiger partial charge in [-0.1, -0.05) is 12.1 Å². The summed E-state index contributed by atoms with van der Waals surface area (Å²) in [6.45, 7) is 3.82. The quantitative estimate of drug-likeness (QED) is 0.114. The van der Waals surface area contributed by atoms with Crippen molar-refractivity contribution in [2.45, 2.75) is 82.5 Å². The number of fused-ring (bicyclic) bond motifs is 2. The average molecular weight is 847 g/mol. The van der Waals surface area contributed by atoms with E-state index >= 15 is 8.78 Å². The number of hydrogen-bond acceptors (Lipinski definition) is 10. The number of morpholine rings is 1. The Hall–Kier alpha value is -6.13. The SMILES string of the molecule is O=C1CCC(N2Cc3cc(OCCCCCC(=O)N4CCC(n5cc(-c6cnc7cccc(-c8cc(F)c(CC9CNCCO9)c(F)c8)c7n6)cn5)CC4)ccc3C2=O)C(=O)N1. The summed E-state index contributed by atoms with van der Waals surface area (Å²) in [5.74, 6) is -1.42. The summed E-state index contributed by atoms with van der Waals surface area (Å²) in [5, 5.41) is 10.2. The minimum Gasteiger partial charge on any atom is -0.494 e. The number of carbonyl (C=O) groups excluding carboxylic acids is 4. The van der Waals surface area contributed by atoms with Crippen LogP contribution in [0.25, 0.3) is 33.4 Å². The van der Waals surface area contributed by atoms with Crippen LogP contribution < -0.4 is 15.4 Å². The lowest BCUT2D eigenvalue weighted by Crippen LogP contribution is -2.52. The Morgan fingerprint density at radius 1 is 0.935 bits per heavy atom. The van der Waals surface area contributed by atoms with Crippen LogP contribution in [0.5, 0.6) is 5.75 Å². The molecule has 3 aromatic carbocycles. The molecule has 62 heavy (non-hydrogen) atoms. The summed E-state index contributed by atoms with van der Waals surface area (Å²) in [5.41, 5.74) is 4.80. The summed E-state index contributed by atoms with van der Waals surface area (Å²) < 4.78 is 44.3. The number of para-hydroxylation sites is 1. The third-order valence-electron chi connectivity index (χ3n) is 12.3. The van der Waals surface area contributed by atoms with Crippen LogP contribution in [-0.4, -0.2) is 105 Å². The molecule has 2 N–H and O–H groups in total. The Morgan fingerprint density at radius 3 is 2.56 bits per heavy atom. The Labute approximate surface area is 357 Å². The number of piperidine rings is 2. The van der Waals surface area contributed by atoms with E-state index in [2.05, 4.69) is 20.7 Å². The molecule has 2 atom stereocenters. The van der Waals surface area contributed by atoms with Gasteiger partial charge in [-0.2, -0.15) is 5.10 Å². The minimum atomic E-state index is -0.656. The third-order valence-corrected chi connectivity index (χ3v) is 12.3. The largest absolute Gasteiger partial charge is 0.494 e. The van der Waals surface area contributed by atoms with E-state index in [9.17, 15) is 19.2 Å². The van der Waals surface area contributed by atoms with Crippen LogP contribution >= 0.6 is 0 Å². The fourth-order valence-corrected chi connectivity index (χ4v) is 8.93.